The topological polar surface area (TPSA) is 12.4 Å². The molecule has 1 aromatic rings. The lowest BCUT2D eigenvalue weighted by Gasteiger charge is -2.09. The summed E-state index contributed by atoms with van der Waals surface area (Å²) < 4.78 is 0. The van der Waals surface area contributed by atoms with E-state index >= 15 is 0 Å². The Labute approximate surface area is 96.2 Å². The zero-order valence-corrected chi connectivity index (χ0v) is 9.43. The van der Waals surface area contributed by atoms with Gasteiger partial charge in [-0.15, -0.1) is 0 Å². The lowest BCUT2D eigenvalue weighted by atomic mass is 9.97. The third-order valence-electron chi connectivity index (χ3n) is 3.35. The Hall–Kier alpha value is -1.63. The maximum atomic E-state index is 4.43. The molecule has 2 atom stereocenters. The predicted octanol–water partition coefficient (Wildman–Crippen LogP) is 3.24. The summed E-state index contributed by atoms with van der Waals surface area (Å²) in [5, 5.41) is 0. The van der Waals surface area contributed by atoms with Gasteiger partial charge in [-0.2, -0.15) is 0 Å². The van der Waals surface area contributed by atoms with Crippen molar-refractivity contribution in [1.82, 2.24) is 0 Å². The number of aliphatic imine (C=N–C) groups is 1. The van der Waals surface area contributed by atoms with Crippen molar-refractivity contribution in [2.75, 3.05) is 7.05 Å². The summed E-state index contributed by atoms with van der Waals surface area (Å²) in [6.07, 6.45) is 8.25. The quantitative estimate of drug-likeness (QED) is 0.663. The molecule has 1 nitrogen and oxygen atoms in total. The summed E-state index contributed by atoms with van der Waals surface area (Å²) in [6.45, 7) is 0. The van der Waals surface area contributed by atoms with Gasteiger partial charge < -0.3 is 0 Å². The molecule has 1 aromatic carbocycles. The SMILES string of the molecule is CN=C(C1=CC2CC2C=C1)c1ccccc1. The van der Waals surface area contributed by atoms with Gasteiger partial charge in [0.1, 0.15) is 0 Å². The van der Waals surface area contributed by atoms with Crippen molar-refractivity contribution in [3.63, 3.8) is 0 Å². The van der Waals surface area contributed by atoms with Gasteiger partial charge in [0.25, 0.3) is 0 Å². The molecule has 0 saturated heterocycles. The van der Waals surface area contributed by atoms with E-state index in [4.69, 9.17) is 0 Å². The highest BCUT2D eigenvalue weighted by Crippen LogP contribution is 2.44. The van der Waals surface area contributed by atoms with E-state index in [1.807, 2.05) is 13.1 Å². The van der Waals surface area contributed by atoms with Crippen LogP contribution in [-0.4, -0.2) is 12.8 Å². The van der Waals surface area contributed by atoms with E-state index in [0.29, 0.717) is 0 Å². The van der Waals surface area contributed by atoms with E-state index in [1.54, 1.807) is 0 Å². The van der Waals surface area contributed by atoms with Crippen LogP contribution in [0.3, 0.4) is 0 Å². The fourth-order valence-corrected chi connectivity index (χ4v) is 2.34. The van der Waals surface area contributed by atoms with Crippen LogP contribution in [0.25, 0.3) is 0 Å². The Bertz CT molecular complexity index is 479. The second kappa shape index (κ2) is 3.75. The second-order valence-corrected chi connectivity index (χ2v) is 4.48. The third-order valence-corrected chi connectivity index (χ3v) is 3.35. The van der Waals surface area contributed by atoms with Crippen LogP contribution in [0, 0.1) is 11.8 Å². The molecule has 2 aliphatic carbocycles. The lowest BCUT2D eigenvalue weighted by Crippen LogP contribution is -2.05. The highest BCUT2D eigenvalue weighted by molar-refractivity contribution is 6.14. The zero-order chi connectivity index (χ0) is 11.0. The molecule has 0 heterocycles. The fraction of sp³-hybridized carbons (Fsp3) is 0.267. The van der Waals surface area contributed by atoms with Crippen LogP contribution in [0.1, 0.15) is 12.0 Å². The Morgan fingerprint density at radius 2 is 2.00 bits per heavy atom. The maximum Gasteiger partial charge on any atom is 0.0712 e. The van der Waals surface area contributed by atoms with Crippen LogP contribution in [0.5, 0.6) is 0 Å². The first kappa shape index (κ1) is 9.59. The molecule has 0 radical (unpaired) electrons. The first-order chi connectivity index (χ1) is 7.88. The van der Waals surface area contributed by atoms with E-state index in [-0.39, 0.29) is 0 Å². The molecule has 0 spiro atoms. The van der Waals surface area contributed by atoms with Gasteiger partial charge in [0, 0.05) is 12.6 Å². The van der Waals surface area contributed by atoms with Crippen LogP contribution in [0.15, 0.2) is 59.1 Å². The molecule has 16 heavy (non-hydrogen) atoms. The summed E-state index contributed by atoms with van der Waals surface area (Å²) in [6, 6.07) is 10.4. The molecule has 0 aromatic heterocycles. The van der Waals surface area contributed by atoms with Crippen LogP contribution >= 0.6 is 0 Å². The van der Waals surface area contributed by atoms with Gasteiger partial charge >= 0.3 is 0 Å². The summed E-state index contributed by atoms with van der Waals surface area (Å²) >= 11 is 0. The van der Waals surface area contributed by atoms with E-state index in [9.17, 15) is 0 Å². The molecular weight excluding hydrogens is 194 g/mol. The fourth-order valence-electron chi connectivity index (χ4n) is 2.34. The van der Waals surface area contributed by atoms with Crippen molar-refractivity contribution in [3.8, 4) is 0 Å². The molecule has 0 aliphatic heterocycles. The van der Waals surface area contributed by atoms with E-state index < -0.39 is 0 Å². The Morgan fingerprint density at radius 1 is 1.19 bits per heavy atom. The van der Waals surface area contributed by atoms with Crippen LogP contribution in [-0.2, 0) is 0 Å². The second-order valence-electron chi connectivity index (χ2n) is 4.48. The minimum absolute atomic E-state index is 0.778. The highest BCUT2D eigenvalue weighted by atomic mass is 14.7. The Morgan fingerprint density at radius 3 is 2.69 bits per heavy atom. The molecular formula is C15H15N. The molecule has 1 fully saturated rings. The zero-order valence-electron chi connectivity index (χ0n) is 9.43. The molecule has 3 rings (SSSR count). The van der Waals surface area contributed by atoms with Gasteiger partial charge in [-0.1, -0.05) is 48.6 Å². The Kier molecular flexibility index (Phi) is 2.24. The minimum Gasteiger partial charge on any atom is -0.287 e. The normalized spacial score (nSPS) is 27.3. The van der Waals surface area contributed by atoms with Crippen LogP contribution < -0.4 is 0 Å². The average molecular weight is 209 g/mol. The summed E-state index contributed by atoms with van der Waals surface area (Å²) in [5.41, 5.74) is 3.61. The summed E-state index contributed by atoms with van der Waals surface area (Å²) in [4.78, 5) is 4.43. The van der Waals surface area contributed by atoms with E-state index in [1.165, 1.54) is 17.6 Å². The van der Waals surface area contributed by atoms with Gasteiger partial charge in [0.2, 0.25) is 0 Å². The van der Waals surface area contributed by atoms with Gasteiger partial charge in [-0.25, -0.2) is 0 Å². The molecule has 1 heteroatoms. The van der Waals surface area contributed by atoms with Crippen molar-refractivity contribution in [2.24, 2.45) is 16.8 Å². The number of rotatable bonds is 2. The molecule has 1 saturated carbocycles. The lowest BCUT2D eigenvalue weighted by molar-refractivity contribution is 0.974. The van der Waals surface area contributed by atoms with Crippen molar-refractivity contribution in [2.45, 2.75) is 6.42 Å². The standard InChI is InChI=1S/C15H15N/c1-16-15(11-5-3-2-4-6-11)13-8-7-12-9-14(12)10-13/h2-8,10,12,14H,9H2,1H3. The predicted molar refractivity (Wildman–Crippen MR) is 67.7 cm³/mol. The number of hydrogen-bond acceptors (Lipinski definition) is 1. The van der Waals surface area contributed by atoms with Crippen molar-refractivity contribution >= 4 is 5.71 Å². The van der Waals surface area contributed by atoms with Crippen molar-refractivity contribution in [1.29, 1.82) is 0 Å². The largest absolute Gasteiger partial charge is 0.287 e. The maximum absolute atomic E-state index is 4.43. The first-order valence-electron chi connectivity index (χ1n) is 5.81. The summed E-state index contributed by atoms with van der Waals surface area (Å²) in [5.74, 6) is 1.60. The average Bonchev–Trinajstić information content (AvgIpc) is 3.10. The first-order valence-corrected chi connectivity index (χ1v) is 5.81. The van der Waals surface area contributed by atoms with Gasteiger partial charge in [0.15, 0.2) is 0 Å². The highest BCUT2D eigenvalue weighted by Gasteiger charge is 2.35. The van der Waals surface area contributed by atoms with Gasteiger partial charge in [0.05, 0.1) is 5.71 Å². The molecule has 80 valence electrons. The number of fused-ring (bicyclic) bond motifs is 1. The monoisotopic (exact) mass is 209 g/mol. The van der Waals surface area contributed by atoms with Crippen LogP contribution in [0.2, 0.25) is 0 Å². The van der Waals surface area contributed by atoms with Gasteiger partial charge in [-0.05, 0) is 23.8 Å². The van der Waals surface area contributed by atoms with Crippen LogP contribution in [0.4, 0.5) is 0 Å². The number of benzene rings is 1. The smallest absolute Gasteiger partial charge is 0.0712 e. The van der Waals surface area contributed by atoms with Gasteiger partial charge in [-0.3, -0.25) is 4.99 Å². The summed E-state index contributed by atoms with van der Waals surface area (Å²) in [7, 11) is 1.87. The minimum atomic E-state index is 0.778. The third kappa shape index (κ3) is 1.63. The number of nitrogens with zero attached hydrogens (tertiary/aromatic N) is 1. The number of hydrogen-bond donors (Lipinski definition) is 0. The van der Waals surface area contributed by atoms with Crippen molar-refractivity contribution < 1.29 is 0 Å². The van der Waals surface area contributed by atoms with E-state index in [2.05, 4.69) is 47.5 Å². The molecule has 0 N–H and O–H groups in total. The van der Waals surface area contributed by atoms with E-state index in [0.717, 1.165) is 17.5 Å². The molecule has 0 amide bonds. The number of allylic oxidation sites excluding steroid dienone is 4. The Balaban J connectivity index is 1.96. The van der Waals surface area contributed by atoms with Crippen molar-refractivity contribution in [3.05, 3.63) is 59.7 Å². The molecule has 2 unspecified atom stereocenters. The molecule has 0 bridgehead atoms. The molecule has 2 aliphatic rings.